The Hall–Kier alpha value is -2.34. The van der Waals surface area contributed by atoms with E-state index in [4.69, 9.17) is 4.74 Å². The molecule has 1 aliphatic heterocycles. The maximum absolute atomic E-state index is 11.1. The first-order valence-electron chi connectivity index (χ1n) is 8.13. The van der Waals surface area contributed by atoms with E-state index in [9.17, 15) is 10.1 Å². The van der Waals surface area contributed by atoms with E-state index >= 15 is 0 Å². The minimum absolute atomic E-state index is 0.0846. The van der Waals surface area contributed by atoms with Gasteiger partial charge in [-0.1, -0.05) is 28.1 Å². The van der Waals surface area contributed by atoms with E-state index < -0.39 is 0 Å². The molecule has 1 aliphatic carbocycles. The Kier molecular flexibility index (Phi) is 4.00. The van der Waals surface area contributed by atoms with Crippen LogP contribution >= 0.6 is 15.9 Å². The molecular formula is C19H17BrN2O3. The number of ether oxygens (including phenoxy) is 1. The SMILES string of the molecule is COc1ccc(Br)cc1[C@@H]1Nc2ccc([N+](=O)[O-])cc2[C@@H]2C=CC[C@@H]21. The number of halogens is 1. The normalized spacial score (nSPS) is 23.5. The highest BCUT2D eigenvalue weighted by Gasteiger charge is 2.39. The number of nitro groups is 1. The molecule has 0 bridgehead atoms. The molecule has 2 aromatic carbocycles. The smallest absolute Gasteiger partial charge is 0.269 e. The number of anilines is 1. The second kappa shape index (κ2) is 6.19. The lowest BCUT2D eigenvalue weighted by molar-refractivity contribution is -0.384. The lowest BCUT2D eigenvalue weighted by Gasteiger charge is -2.37. The van der Waals surface area contributed by atoms with Crippen molar-refractivity contribution in [2.24, 2.45) is 5.92 Å². The van der Waals surface area contributed by atoms with Crippen LogP contribution in [0.15, 0.2) is 53.0 Å². The maximum Gasteiger partial charge on any atom is 0.269 e. The van der Waals surface area contributed by atoms with E-state index in [2.05, 4.69) is 39.5 Å². The zero-order valence-electron chi connectivity index (χ0n) is 13.6. The summed E-state index contributed by atoms with van der Waals surface area (Å²) >= 11 is 3.55. The maximum atomic E-state index is 11.1. The van der Waals surface area contributed by atoms with E-state index in [0.29, 0.717) is 5.92 Å². The largest absolute Gasteiger partial charge is 0.496 e. The number of nitrogens with zero attached hydrogens (tertiary/aromatic N) is 1. The lowest BCUT2D eigenvalue weighted by Crippen LogP contribution is -2.29. The molecule has 0 amide bonds. The van der Waals surface area contributed by atoms with Crippen LogP contribution in [0.4, 0.5) is 11.4 Å². The lowest BCUT2D eigenvalue weighted by atomic mass is 9.76. The van der Waals surface area contributed by atoms with Gasteiger partial charge in [0.15, 0.2) is 0 Å². The predicted octanol–water partition coefficient (Wildman–Crippen LogP) is 5.19. The van der Waals surface area contributed by atoms with Crippen molar-refractivity contribution in [1.82, 2.24) is 0 Å². The van der Waals surface area contributed by atoms with Gasteiger partial charge >= 0.3 is 0 Å². The van der Waals surface area contributed by atoms with Gasteiger partial charge in [-0.15, -0.1) is 0 Å². The molecule has 128 valence electrons. The fourth-order valence-electron chi connectivity index (χ4n) is 3.95. The fourth-order valence-corrected chi connectivity index (χ4v) is 4.33. The highest BCUT2D eigenvalue weighted by Crippen LogP contribution is 2.51. The number of benzene rings is 2. The quantitative estimate of drug-likeness (QED) is 0.437. The molecule has 2 aromatic rings. The molecule has 1 heterocycles. The molecule has 0 radical (unpaired) electrons. The summed E-state index contributed by atoms with van der Waals surface area (Å²) in [4.78, 5) is 10.8. The van der Waals surface area contributed by atoms with Crippen molar-refractivity contribution in [3.63, 3.8) is 0 Å². The zero-order valence-corrected chi connectivity index (χ0v) is 15.2. The van der Waals surface area contributed by atoms with Crippen LogP contribution < -0.4 is 10.1 Å². The highest BCUT2D eigenvalue weighted by atomic mass is 79.9. The van der Waals surface area contributed by atoms with Gasteiger partial charge < -0.3 is 10.1 Å². The van der Waals surface area contributed by atoms with Gasteiger partial charge in [-0.25, -0.2) is 0 Å². The number of hydrogen-bond acceptors (Lipinski definition) is 4. The first-order chi connectivity index (χ1) is 12.1. The van der Waals surface area contributed by atoms with Crippen molar-refractivity contribution in [2.45, 2.75) is 18.4 Å². The van der Waals surface area contributed by atoms with Crippen molar-refractivity contribution in [3.05, 3.63) is 74.3 Å². The summed E-state index contributed by atoms with van der Waals surface area (Å²) < 4.78 is 6.57. The Morgan fingerprint density at radius 1 is 1.24 bits per heavy atom. The molecule has 2 aliphatic rings. The molecule has 0 unspecified atom stereocenters. The molecule has 0 fully saturated rings. The molecule has 3 atom stereocenters. The molecule has 25 heavy (non-hydrogen) atoms. The molecular weight excluding hydrogens is 384 g/mol. The number of rotatable bonds is 3. The van der Waals surface area contributed by atoms with Crippen LogP contribution in [0.5, 0.6) is 5.75 Å². The number of methoxy groups -OCH3 is 1. The number of nitro benzene ring substituents is 1. The van der Waals surface area contributed by atoms with E-state index in [0.717, 1.165) is 33.5 Å². The van der Waals surface area contributed by atoms with Gasteiger partial charge in [0.05, 0.1) is 18.1 Å². The van der Waals surface area contributed by atoms with Crippen LogP contribution in [0.2, 0.25) is 0 Å². The Balaban J connectivity index is 1.81. The summed E-state index contributed by atoms with van der Waals surface area (Å²) in [6.07, 6.45) is 5.27. The van der Waals surface area contributed by atoms with Crippen molar-refractivity contribution in [1.29, 1.82) is 0 Å². The molecule has 5 nitrogen and oxygen atoms in total. The first-order valence-corrected chi connectivity index (χ1v) is 8.93. The molecule has 0 saturated carbocycles. The third-order valence-corrected chi connectivity index (χ3v) is 5.58. The minimum Gasteiger partial charge on any atom is -0.496 e. The number of non-ortho nitro benzene ring substituents is 1. The van der Waals surface area contributed by atoms with Crippen LogP contribution in [-0.4, -0.2) is 12.0 Å². The summed E-state index contributed by atoms with van der Waals surface area (Å²) in [6, 6.07) is 11.2. The van der Waals surface area contributed by atoms with Gasteiger partial charge in [0.1, 0.15) is 5.75 Å². The number of nitrogens with one attached hydrogen (secondary N) is 1. The average Bonchev–Trinajstić information content (AvgIpc) is 3.10. The summed E-state index contributed by atoms with van der Waals surface area (Å²) in [7, 11) is 1.68. The number of allylic oxidation sites excluding steroid dienone is 2. The van der Waals surface area contributed by atoms with Crippen LogP contribution in [0.1, 0.15) is 29.5 Å². The summed E-state index contributed by atoms with van der Waals surface area (Å²) in [5, 5.41) is 14.7. The average molecular weight is 401 g/mol. The van der Waals surface area contributed by atoms with Crippen LogP contribution in [0, 0.1) is 16.0 Å². The van der Waals surface area contributed by atoms with Crippen LogP contribution in [-0.2, 0) is 0 Å². The van der Waals surface area contributed by atoms with Gasteiger partial charge in [0, 0.05) is 33.8 Å². The van der Waals surface area contributed by atoms with Crippen molar-refractivity contribution >= 4 is 27.3 Å². The molecule has 0 saturated heterocycles. The van der Waals surface area contributed by atoms with Gasteiger partial charge in [0.2, 0.25) is 0 Å². The van der Waals surface area contributed by atoms with Crippen molar-refractivity contribution in [2.75, 3.05) is 12.4 Å². The molecule has 0 aromatic heterocycles. The predicted molar refractivity (Wildman–Crippen MR) is 100 cm³/mol. The third-order valence-electron chi connectivity index (χ3n) is 5.08. The van der Waals surface area contributed by atoms with Crippen LogP contribution in [0.3, 0.4) is 0 Å². The Bertz CT molecular complexity index is 881. The van der Waals surface area contributed by atoms with Crippen LogP contribution in [0.25, 0.3) is 0 Å². The van der Waals surface area contributed by atoms with Gasteiger partial charge in [-0.3, -0.25) is 10.1 Å². The molecule has 6 heteroatoms. The topological polar surface area (TPSA) is 64.4 Å². The number of hydrogen-bond donors (Lipinski definition) is 1. The Morgan fingerprint density at radius 3 is 2.84 bits per heavy atom. The first kappa shape index (κ1) is 16.1. The zero-order chi connectivity index (χ0) is 17.6. The summed E-state index contributed by atoms with van der Waals surface area (Å²) in [6.45, 7) is 0. The summed E-state index contributed by atoms with van der Waals surface area (Å²) in [5.41, 5.74) is 3.18. The molecule has 4 rings (SSSR count). The Labute approximate surface area is 154 Å². The number of fused-ring (bicyclic) bond motifs is 3. The minimum atomic E-state index is -0.336. The second-order valence-electron chi connectivity index (χ2n) is 6.39. The van der Waals surface area contributed by atoms with E-state index in [1.165, 1.54) is 0 Å². The standard InChI is InChI=1S/C19H17BrN2O3/c1-25-18-8-5-11(20)9-16(18)19-14-4-2-3-13(14)15-10-12(22(23)24)6-7-17(15)21-19/h2-3,5-10,13-14,19,21H,4H2,1H3/t13-,14+,19-/m1/s1. The molecule has 0 spiro atoms. The molecule has 1 N–H and O–H groups in total. The monoisotopic (exact) mass is 400 g/mol. The highest BCUT2D eigenvalue weighted by molar-refractivity contribution is 9.10. The third kappa shape index (κ3) is 2.70. The van der Waals surface area contributed by atoms with Gasteiger partial charge in [-0.05, 0) is 42.2 Å². The van der Waals surface area contributed by atoms with E-state index in [1.54, 1.807) is 19.2 Å². The van der Waals surface area contributed by atoms with Crippen molar-refractivity contribution in [3.8, 4) is 5.75 Å². The van der Waals surface area contributed by atoms with Gasteiger partial charge in [0.25, 0.3) is 5.69 Å². The van der Waals surface area contributed by atoms with E-state index in [1.807, 2.05) is 18.2 Å². The fraction of sp³-hybridized carbons (Fsp3) is 0.263. The van der Waals surface area contributed by atoms with E-state index in [-0.39, 0.29) is 22.6 Å². The second-order valence-corrected chi connectivity index (χ2v) is 7.31. The van der Waals surface area contributed by atoms with Gasteiger partial charge in [-0.2, -0.15) is 0 Å². The van der Waals surface area contributed by atoms with Crippen molar-refractivity contribution < 1.29 is 9.66 Å². The summed E-state index contributed by atoms with van der Waals surface area (Å²) in [5.74, 6) is 1.32. The Morgan fingerprint density at radius 2 is 2.08 bits per heavy atom.